The molecule has 1 aliphatic heterocycles. The van der Waals surface area contributed by atoms with Gasteiger partial charge in [-0.1, -0.05) is 26.0 Å². The summed E-state index contributed by atoms with van der Waals surface area (Å²) in [4.78, 5) is 19.3. The fourth-order valence-corrected chi connectivity index (χ4v) is 4.32. The van der Waals surface area contributed by atoms with Crippen molar-refractivity contribution >= 4 is 28.4 Å². The molecule has 1 amide bonds. The fraction of sp³-hybridized carbons (Fsp3) is 0.455. The molecular weight excluding hydrogens is 368 g/mol. The molecule has 1 aliphatic rings. The van der Waals surface area contributed by atoms with Crippen molar-refractivity contribution in [3.63, 3.8) is 0 Å². The van der Waals surface area contributed by atoms with Gasteiger partial charge in [0.05, 0.1) is 28.8 Å². The van der Waals surface area contributed by atoms with Gasteiger partial charge in [-0.15, -0.1) is 0 Å². The molecule has 4 rings (SSSR count). The van der Waals surface area contributed by atoms with E-state index in [1.165, 1.54) is 0 Å². The Bertz CT molecular complexity index is 1060. The fourth-order valence-electron chi connectivity index (χ4n) is 4.32. The molecule has 3 aromatic rings. The lowest BCUT2D eigenvalue weighted by Gasteiger charge is -2.41. The molecule has 29 heavy (non-hydrogen) atoms. The molecule has 7 nitrogen and oxygen atoms in total. The number of anilines is 1. The number of para-hydroxylation sites is 2. The molecule has 0 radical (unpaired) electrons. The number of benzene rings is 1. The SMILES string of the molecule is COC1(CO)CCN(c2c(C(C)C)cc(C(N)=O)c3nc4ccccc4n23)CC1. The molecule has 0 spiro atoms. The molecule has 0 atom stereocenters. The number of hydrogen-bond donors (Lipinski definition) is 2. The monoisotopic (exact) mass is 396 g/mol. The van der Waals surface area contributed by atoms with Crippen molar-refractivity contribution in [2.75, 3.05) is 31.7 Å². The number of rotatable bonds is 5. The summed E-state index contributed by atoms with van der Waals surface area (Å²) in [5, 5.41) is 9.81. The van der Waals surface area contributed by atoms with Crippen molar-refractivity contribution in [3.05, 3.63) is 41.5 Å². The van der Waals surface area contributed by atoms with Crippen LogP contribution in [0.3, 0.4) is 0 Å². The zero-order valence-corrected chi connectivity index (χ0v) is 17.2. The van der Waals surface area contributed by atoms with E-state index in [9.17, 15) is 9.90 Å². The molecule has 3 heterocycles. The Balaban J connectivity index is 1.96. The zero-order valence-electron chi connectivity index (χ0n) is 17.2. The van der Waals surface area contributed by atoms with Crippen molar-refractivity contribution in [2.45, 2.75) is 38.2 Å². The van der Waals surface area contributed by atoms with E-state index in [4.69, 9.17) is 15.5 Å². The van der Waals surface area contributed by atoms with E-state index in [0.717, 1.165) is 48.3 Å². The predicted molar refractivity (Wildman–Crippen MR) is 114 cm³/mol. The van der Waals surface area contributed by atoms with E-state index < -0.39 is 11.5 Å². The molecule has 0 unspecified atom stereocenters. The van der Waals surface area contributed by atoms with Gasteiger partial charge in [0.1, 0.15) is 5.82 Å². The lowest BCUT2D eigenvalue weighted by Crippen LogP contribution is -2.48. The van der Waals surface area contributed by atoms with Gasteiger partial charge in [-0.05, 0) is 42.5 Å². The molecule has 2 aromatic heterocycles. The Hall–Kier alpha value is -2.64. The first-order valence-corrected chi connectivity index (χ1v) is 10.1. The highest BCUT2D eigenvalue weighted by molar-refractivity contribution is 6.02. The summed E-state index contributed by atoms with van der Waals surface area (Å²) in [5.74, 6) is 0.757. The second kappa shape index (κ2) is 7.31. The Morgan fingerprint density at radius 2 is 2.00 bits per heavy atom. The standard InChI is InChI=1S/C22H28N4O3/c1-14(2)15-12-16(19(23)28)20-24-17-6-4-5-7-18(17)26(20)21(15)25-10-8-22(13-27,29-3)9-11-25/h4-7,12,14,27H,8-11,13H2,1-3H3,(H2,23,28). The number of fused-ring (bicyclic) bond motifs is 3. The van der Waals surface area contributed by atoms with E-state index in [1.807, 2.05) is 30.3 Å². The number of nitrogens with zero attached hydrogens (tertiary/aromatic N) is 3. The molecule has 1 aromatic carbocycles. The summed E-state index contributed by atoms with van der Waals surface area (Å²) in [6, 6.07) is 9.78. The average Bonchev–Trinajstić information content (AvgIpc) is 3.12. The summed E-state index contributed by atoms with van der Waals surface area (Å²) in [7, 11) is 1.66. The normalized spacial score (nSPS) is 16.8. The number of methoxy groups -OCH3 is 1. The van der Waals surface area contributed by atoms with Crippen LogP contribution in [0, 0.1) is 0 Å². The Kier molecular flexibility index (Phi) is 4.96. The summed E-state index contributed by atoms with van der Waals surface area (Å²) >= 11 is 0. The van der Waals surface area contributed by atoms with Crippen LogP contribution < -0.4 is 10.6 Å². The largest absolute Gasteiger partial charge is 0.393 e. The van der Waals surface area contributed by atoms with Gasteiger partial charge in [0.2, 0.25) is 0 Å². The number of amides is 1. The van der Waals surface area contributed by atoms with Crippen molar-refractivity contribution < 1.29 is 14.6 Å². The van der Waals surface area contributed by atoms with Gasteiger partial charge in [0.25, 0.3) is 5.91 Å². The third-order valence-corrected chi connectivity index (χ3v) is 6.15. The summed E-state index contributed by atoms with van der Waals surface area (Å²) < 4.78 is 7.70. The van der Waals surface area contributed by atoms with E-state index in [0.29, 0.717) is 11.2 Å². The number of pyridine rings is 1. The molecule has 1 fully saturated rings. The van der Waals surface area contributed by atoms with Crippen LogP contribution in [-0.2, 0) is 4.74 Å². The highest BCUT2D eigenvalue weighted by Crippen LogP contribution is 2.37. The van der Waals surface area contributed by atoms with Gasteiger partial charge in [0.15, 0.2) is 5.65 Å². The molecule has 0 saturated carbocycles. The lowest BCUT2D eigenvalue weighted by molar-refractivity contribution is -0.0673. The number of aliphatic hydroxyl groups is 1. The molecule has 3 N–H and O–H groups in total. The van der Waals surface area contributed by atoms with Crippen LogP contribution in [0.1, 0.15) is 48.5 Å². The Morgan fingerprint density at radius 1 is 1.31 bits per heavy atom. The van der Waals surface area contributed by atoms with Gasteiger partial charge < -0.3 is 20.5 Å². The van der Waals surface area contributed by atoms with Gasteiger partial charge in [0, 0.05) is 20.2 Å². The minimum atomic E-state index is -0.488. The predicted octanol–water partition coefficient (Wildman–Crippen LogP) is 2.69. The Labute approximate surface area is 170 Å². The van der Waals surface area contributed by atoms with Crippen LogP contribution in [0.5, 0.6) is 0 Å². The molecule has 154 valence electrons. The molecule has 0 bridgehead atoms. The molecular formula is C22H28N4O3. The number of aromatic nitrogens is 2. The summed E-state index contributed by atoms with van der Waals surface area (Å²) in [5.41, 5.74) is 9.10. The second-order valence-electron chi connectivity index (χ2n) is 8.15. The minimum Gasteiger partial charge on any atom is -0.393 e. The number of ether oxygens (including phenoxy) is 1. The topological polar surface area (TPSA) is 93.1 Å². The van der Waals surface area contributed by atoms with Crippen LogP contribution >= 0.6 is 0 Å². The number of hydrogen-bond acceptors (Lipinski definition) is 5. The molecule has 1 saturated heterocycles. The number of carbonyl (C=O) groups excluding carboxylic acids is 1. The number of carbonyl (C=O) groups is 1. The lowest BCUT2D eigenvalue weighted by atomic mass is 9.91. The quantitative estimate of drug-likeness (QED) is 0.692. The average molecular weight is 396 g/mol. The highest BCUT2D eigenvalue weighted by atomic mass is 16.5. The van der Waals surface area contributed by atoms with Crippen molar-refractivity contribution in [1.82, 2.24) is 9.38 Å². The summed E-state index contributed by atoms with van der Waals surface area (Å²) in [6.07, 6.45) is 1.45. The van der Waals surface area contributed by atoms with Crippen LogP contribution in [0.2, 0.25) is 0 Å². The van der Waals surface area contributed by atoms with Crippen LogP contribution in [0.4, 0.5) is 5.82 Å². The molecule has 7 heteroatoms. The molecule has 0 aliphatic carbocycles. The van der Waals surface area contributed by atoms with E-state index in [1.54, 1.807) is 7.11 Å². The number of primary amides is 1. The maximum absolute atomic E-state index is 12.2. The van der Waals surface area contributed by atoms with Gasteiger partial charge in [-0.25, -0.2) is 4.98 Å². The van der Waals surface area contributed by atoms with Crippen molar-refractivity contribution in [3.8, 4) is 0 Å². The number of imidazole rings is 1. The van der Waals surface area contributed by atoms with Gasteiger partial charge >= 0.3 is 0 Å². The first-order chi connectivity index (χ1) is 13.9. The van der Waals surface area contributed by atoms with E-state index in [2.05, 4.69) is 23.1 Å². The van der Waals surface area contributed by atoms with Crippen molar-refractivity contribution in [2.24, 2.45) is 5.73 Å². The first kappa shape index (κ1) is 19.7. The number of piperidine rings is 1. The third kappa shape index (κ3) is 3.14. The van der Waals surface area contributed by atoms with E-state index >= 15 is 0 Å². The van der Waals surface area contributed by atoms with Gasteiger partial charge in [-0.3, -0.25) is 9.20 Å². The van der Waals surface area contributed by atoms with Crippen molar-refractivity contribution in [1.29, 1.82) is 0 Å². The zero-order chi connectivity index (χ0) is 20.8. The van der Waals surface area contributed by atoms with E-state index in [-0.39, 0.29) is 12.5 Å². The summed E-state index contributed by atoms with van der Waals surface area (Å²) in [6.45, 7) is 5.73. The Morgan fingerprint density at radius 3 is 2.59 bits per heavy atom. The van der Waals surface area contributed by atoms with Crippen LogP contribution in [0.25, 0.3) is 16.7 Å². The second-order valence-corrected chi connectivity index (χ2v) is 8.15. The highest BCUT2D eigenvalue weighted by Gasteiger charge is 2.36. The first-order valence-electron chi connectivity index (χ1n) is 10.1. The van der Waals surface area contributed by atoms with Gasteiger partial charge in [-0.2, -0.15) is 0 Å². The smallest absolute Gasteiger partial charge is 0.252 e. The number of aliphatic hydroxyl groups excluding tert-OH is 1. The minimum absolute atomic E-state index is 0.0123. The maximum atomic E-state index is 12.2. The third-order valence-electron chi connectivity index (χ3n) is 6.15. The van der Waals surface area contributed by atoms with Crippen LogP contribution in [-0.4, -0.2) is 52.8 Å². The number of nitrogens with two attached hydrogens (primary N) is 1. The van der Waals surface area contributed by atoms with Crippen LogP contribution in [0.15, 0.2) is 30.3 Å². The maximum Gasteiger partial charge on any atom is 0.252 e.